The van der Waals surface area contributed by atoms with Crippen LogP contribution in [0.4, 0.5) is 5.69 Å². The summed E-state index contributed by atoms with van der Waals surface area (Å²) in [7, 11) is 0. The fourth-order valence-electron chi connectivity index (χ4n) is 3.27. The summed E-state index contributed by atoms with van der Waals surface area (Å²) in [6.07, 6.45) is 5.53. The van der Waals surface area contributed by atoms with E-state index in [9.17, 15) is 9.59 Å². The summed E-state index contributed by atoms with van der Waals surface area (Å²) < 4.78 is 0. The van der Waals surface area contributed by atoms with Gasteiger partial charge in [-0.05, 0) is 49.3 Å². The fraction of sp³-hybridized carbons (Fsp3) is 0.286. The number of amides is 2. The summed E-state index contributed by atoms with van der Waals surface area (Å²) >= 11 is 11.3. The van der Waals surface area contributed by atoms with E-state index in [1.165, 1.54) is 6.42 Å². The van der Waals surface area contributed by atoms with Crippen LogP contribution in [0.5, 0.6) is 0 Å². The monoisotopic (exact) mass is 415 g/mol. The summed E-state index contributed by atoms with van der Waals surface area (Å²) in [6, 6.07) is 14.0. The molecule has 0 aliphatic heterocycles. The zero-order valence-corrected chi connectivity index (χ0v) is 16.9. The highest BCUT2D eigenvalue weighted by Crippen LogP contribution is 2.20. The number of carbonyl (C=O) groups excluding carboxylic acids is 2. The number of para-hydroxylation sites is 1. The number of carbonyl (C=O) groups is 2. The normalized spacial score (nSPS) is 14.2. The summed E-state index contributed by atoms with van der Waals surface area (Å²) in [6.45, 7) is 0. The largest absolute Gasteiger partial charge is 0.349 e. The van der Waals surface area contributed by atoms with Crippen LogP contribution in [0.2, 0.25) is 5.02 Å². The average molecular weight is 416 g/mol. The van der Waals surface area contributed by atoms with Crippen molar-refractivity contribution in [3.8, 4) is 0 Å². The highest BCUT2D eigenvalue weighted by Gasteiger charge is 2.19. The number of nitrogens with one attached hydrogen (secondary N) is 3. The van der Waals surface area contributed by atoms with Gasteiger partial charge >= 0.3 is 0 Å². The first kappa shape index (κ1) is 20.3. The molecule has 0 aromatic heterocycles. The molecule has 3 rings (SSSR count). The van der Waals surface area contributed by atoms with Crippen molar-refractivity contribution >= 4 is 46.4 Å². The highest BCUT2D eigenvalue weighted by atomic mass is 35.5. The molecule has 0 heterocycles. The summed E-state index contributed by atoms with van der Waals surface area (Å²) in [4.78, 5) is 25.0. The highest BCUT2D eigenvalue weighted by molar-refractivity contribution is 7.80. The number of anilines is 1. The van der Waals surface area contributed by atoms with Gasteiger partial charge in [0, 0.05) is 6.04 Å². The molecule has 3 N–H and O–H groups in total. The number of halogens is 1. The van der Waals surface area contributed by atoms with Crippen molar-refractivity contribution in [2.75, 3.05) is 5.32 Å². The minimum Gasteiger partial charge on any atom is -0.349 e. The summed E-state index contributed by atoms with van der Waals surface area (Å²) in [5.74, 6) is -0.553. The molecule has 28 heavy (non-hydrogen) atoms. The lowest BCUT2D eigenvalue weighted by atomic mass is 9.95. The van der Waals surface area contributed by atoms with E-state index in [1.54, 1.807) is 48.5 Å². The van der Waals surface area contributed by atoms with Gasteiger partial charge in [0.25, 0.3) is 11.8 Å². The topological polar surface area (TPSA) is 70.2 Å². The number of hydrogen-bond acceptors (Lipinski definition) is 3. The van der Waals surface area contributed by atoms with E-state index in [-0.39, 0.29) is 17.1 Å². The van der Waals surface area contributed by atoms with Crippen molar-refractivity contribution in [2.24, 2.45) is 0 Å². The molecule has 0 bridgehead atoms. The van der Waals surface area contributed by atoms with Gasteiger partial charge in [0.15, 0.2) is 5.11 Å². The van der Waals surface area contributed by atoms with Gasteiger partial charge in [-0.15, -0.1) is 0 Å². The van der Waals surface area contributed by atoms with Crippen LogP contribution in [0.25, 0.3) is 0 Å². The number of rotatable bonds is 4. The molecule has 1 saturated carbocycles. The van der Waals surface area contributed by atoms with E-state index in [0.717, 1.165) is 25.7 Å². The molecule has 2 aromatic carbocycles. The molecule has 7 heteroatoms. The minimum atomic E-state index is -0.410. The molecule has 1 fully saturated rings. The molecule has 2 amide bonds. The van der Waals surface area contributed by atoms with Gasteiger partial charge in [-0.25, -0.2) is 0 Å². The van der Waals surface area contributed by atoms with E-state index >= 15 is 0 Å². The Morgan fingerprint density at radius 1 is 0.893 bits per heavy atom. The molecule has 0 spiro atoms. The van der Waals surface area contributed by atoms with Crippen molar-refractivity contribution in [1.29, 1.82) is 0 Å². The fourth-order valence-corrected chi connectivity index (χ4v) is 3.69. The maximum atomic E-state index is 12.7. The number of thiocarbonyl (C=S) groups is 1. The van der Waals surface area contributed by atoms with Crippen LogP contribution in [-0.4, -0.2) is 23.0 Å². The molecular weight excluding hydrogens is 394 g/mol. The first-order valence-electron chi connectivity index (χ1n) is 9.31. The maximum Gasteiger partial charge on any atom is 0.258 e. The average Bonchev–Trinajstić information content (AvgIpc) is 2.69. The molecule has 0 radical (unpaired) electrons. The van der Waals surface area contributed by atoms with Gasteiger partial charge in [0.2, 0.25) is 0 Å². The van der Waals surface area contributed by atoms with Crippen LogP contribution in [0.15, 0.2) is 48.5 Å². The molecule has 0 saturated heterocycles. The molecule has 5 nitrogen and oxygen atoms in total. The molecule has 2 aromatic rings. The first-order chi connectivity index (χ1) is 13.5. The summed E-state index contributed by atoms with van der Waals surface area (Å²) in [5.41, 5.74) is 1.36. The Bertz CT molecular complexity index is 881. The lowest BCUT2D eigenvalue weighted by Crippen LogP contribution is -2.37. The van der Waals surface area contributed by atoms with E-state index in [1.807, 2.05) is 0 Å². The Kier molecular flexibility index (Phi) is 7.01. The third-order valence-corrected chi connectivity index (χ3v) is 5.24. The number of hydrogen-bond donors (Lipinski definition) is 3. The van der Waals surface area contributed by atoms with Crippen LogP contribution in [0.3, 0.4) is 0 Å². The van der Waals surface area contributed by atoms with E-state index < -0.39 is 5.91 Å². The molecule has 0 unspecified atom stereocenters. The lowest BCUT2D eigenvalue weighted by Gasteiger charge is -2.23. The smallest absolute Gasteiger partial charge is 0.258 e. The second-order valence-corrected chi connectivity index (χ2v) is 7.56. The predicted octanol–water partition coefficient (Wildman–Crippen LogP) is 4.53. The molecule has 1 aliphatic carbocycles. The van der Waals surface area contributed by atoms with Gasteiger partial charge in [-0.2, -0.15) is 0 Å². The third-order valence-electron chi connectivity index (χ3n) is 4.71. The quantitative estimate of drug-likeness (QED) is 0.641. The zero-order chi connectivity index (χ0) is 19.9. The van der Waals surface area contributed by atoms with Crippen molar-refractivity contribution in [3.05, 3.63) is 64.7 Å². The first-order valence-corrected chi connectivity index (χ1v) is 10.1. The second kappa shape index (κ2) is 9.66. The van der Waals surface area contributed by atoms with Gasteiger partial charge in [0.05, 0.1) is 21.8 Å². The van der Waals surface area contributed by atoms with Gasteiger partial charge < -0.3 is 10.6 Å². The van der Waals surface area contributed by atoms with E-state index in [0.29, 0.717) is 21.8 Å². The molecule has 146 valence electrons. The van der Waals surface area contributed by atoms with Crippen LogP contribution in [0, 0.1) is 0 Å². The van der Waals surface area contributed by atoms with Crippen LogP contribution < -0.4 is 16.0 Å². The Morgan fingerprint density at radius 2 is 1.54 bits per heavy atom. The van der Waals surface area contributed by atoms with Crippen LogP contribution in [-0.2, 0) is 0 Å². The van der Waals surface area contributed by atoms with Crippen LogP contribution in [0.1, 0.15) is 52.8 Å². The minimum absolute atomic E-state index is 0.0998. The number of benzene rings is 2. The maximum absolute atomic E-state index is 12.7. The SMILES string of the molecule is O=C(NC(=S)Nc1ccccc1C(=O)NC1CCCCC1)c1ccccc1Cl. The second-order valence-electron chi connectivity index (χ2n) is 6.74. The van der Waals surface area contributed by atoms with E-state index in [2.05, 4.69) is 16.0 Å². The molecule has 1 aliphatic rings. The summed E-state index contributed by atoms with van der Waals surface area (Å²) in [5, 5.41) is 9.08. The van der Waals surface area contributed by atoms with E-state index in [4.69, 9.17) is 23.8 Å². The molecular formula is C21H22ClN3O2S. The zero-order valence-electron chi connectivity index (χ0n) is 15.3. The van der Waals surface area contributed by atoms with Crippen LogP contribution >= 0.6 is 23.8 Å². The Hall–Kier alpha value is -2.44. The van der Waals surface area contributed by atoms with Crippen molar-refractivity contribution in [2.45, 2.75) is 38.1 Å². The van der Waals surface area contributed by atoms with Crippen molar-refractivity contribution < 1.29 is 9.59 Å². The Balaban J connectivity index is 1.65. The van der Waals surface area contributed by atoms with Crippen molar-refractivity contribution in [1.82, 2.24) is 10.6 Å². The lowest BCUT2D eigenvalue weighted by molar-refractivity contribution is 0.0927. The Labute approximate surface area is 174 Å². The van der Waals surface area contributed by atoms with Gasteiger partial charge in [-0.3, -0.25) is 14.9 Å². The standard InChI is InChI=1S/C21H22ClN3O2S/c22-17-12-6-4-10-15(17)19(26)25-21(28)24-18-13-7-5-11-16(18)20(27)23-14-8-2-1-3-9-14/h4-7,10-14H,1-3,8-9H2,(H,23,27)(H2,24,25,26,28). The predicted molar refractivity (Wildman–Crippen MR) is 116 cm³/mol. The van der Waals surface area contributed by atoms with Gasteiger partial charge in [0.1, 0.15) is 0 Å². The Morgan fingerprint density at radius 3 is 2.25 bits per heavy atom. The molecule has 0 atom stereocenters. The van der Waals surface area contributed by atoms with Gasteiger partial charge in [-0.1, -0.05) is 55.1 Å². The third kappa shape index (κ3) is 5.30. The van der Waals surface area contributed by atoms with Crippen molar-refractivity contribution in [3.63, 3.8) is 0 Å².